The van der Waals surface area contributed by atoms with E-state index < -0.39 is 98.8 Å². The molecule has 2 saturated carbocycles. The number of aromatic nitrogens is 1. The topological polar surface area (TPSA) is 185 Å². The number of rotatable bonds is 10. The van der Waals surface area contributed by atoms with Gasteiger partial charge in [-0.05, 0) is 82.1 Å². The molecule has 2 aromatic rings. The number of halogens is 3. The van der Waals surface area contributed by atoms with Crippen LogP contribution in [0.25, 0.3) is 10.8 Å². The molecule has 58 heavy (non-hydrogen) atoms. The van der Waals surface area contributed by atoms with Crippen molar-refractivity contribution in [2.75, 3.05) is 13.8 Å². The molecule has 0 radical (unpaired) electrons. The third kappa shape index (κ3) is 7.44. The maximum Gasteiger partial charge on any atom is 0.408 e. The number of pyridine rings is 1. The molecule has 2 aliphatic carbocycles. The van der Waals surface area contributed by atoms with Gasteiger partial charge >= 0.3 is 12.1 Å². The van der Waals surface area contributed by atoms with Crippen molar-refractivity contribution in [3.8, 4) is 11.8 Å². The van der Waals surface area contributed by atoms with Crippen molar-refractivity contribution in [1.29, 1.82) is 0 Å². The third-order valence-electron chi connectivity index (χ3n) is 12.5. The van der Waals surface area contributed by atoms with Crippen LogP contribution in [-0.4, -0.2) is 106 Å². The summed E-state index contributed by atoms with van der Waals surface area (Å²) in [6.45, 7) is 6.56. The fourth-order valence-electron chi connectivity index (χ4n) is 8.48. The maximum atomic E-state index is 17.6. The number of nitrogens with zero attached hydrogens (tertiary/aromatic N) is 3. The summed E-state index contributed by atoms with van der Waals surface area (Å²) in [5.74, 6) is -5.69. The molecule has 1 unspecified atom stereocenters. The predicted octanol–water partition coefficient (Wildman–Crippen LogP) is 5.56. The van der Waals surface area contributed by atoms with Crippen LogP contribution in [0.2, 0.25) is 0 Å². The normalized spacial score (nSPS) is 31.7. The summed E-state index contributed by atoms with van der Waals surface area (Å²) in [4.78, 5) is 61.9. The molecular formula is C40H52F3N5O9S. The lowest BCUT2D eigenvalue weighted by Crippen LogP contribution is -2.64. The van der Waals surface area contributed by atoms with Gasteiger partial charge in [-0.25, -0.2) is 17.6 Å². The van der Waals surface area contributed by atoms with E-state index >= 15 is 13.6 Å². The standard InChI is InChI=1S/C40H52F3N5O9S/c1-7-25(4)47(36(52)53)31-24(3)18-23(2)12-8-10-14-27-20-39(27,35(51)46-58(54,55)38(22-41)16-17-38)45-32(49)29-21-37(5,40(42,43)48(29)34(31)50)57-33-28-15-11-9-13-26(28)19-30(44-33)56-6/h9-11,13-15,19,23-25,27,29,31H,7-8,12,16-18,20-22H2,1-6H3,(H,45,49)(H,46,51)(H,52,53)/b14-10-/t23-,24+,25?,27+,29-,31-,37+,39+/m0/s1. The first-order chi connectivity index (χ1) is 27.2. The highest BCUT2D eigenvalue weighted by Gasteiger charge is 2.71. The number of sulfonamides is 1. The maximum absolute atomic E-state index is 17.6. The number of amides is 4. The third-order valence-corrected chi connectivity index (χ3v) is 14.7. The summed E-state index contributed by atoms with van der Waals surface area (Å²) in [6.07, 6.45) is 2.44. The minimum Gasteiger partial charge on any atom is -0.481 e. The Morgan fingerprint density at radius 2 is 1.86 bits per heavy atom. The smallest absolute Gasteiger partial charge is 0.408 e. The van der Waals surface area contributed by atoms with Gasteiger partial charge in [0.25, 0.3) is 11.8 Å². The molecule has 318 valence electrons. The van der Waals surface area contributed by atoms with Gasteiger partial charge in [0.2, 0.25) is 27.7 Å². The number of benzene rings is 1. The van der Waals surface area contributed by atoms with Crippen LogP contribution >= 0.6 is 0 Å². The van der Waals surface area contributed by atoms with Gasteiger partial charge in [0.05, 0.1) is 7.11 Å². The summed E-state index contributed by atoms with van der Waals surface area (Å²) in [5, 5.41) is 13.9. The summed E-state index contributed by atoms with van der Waals surface area (Å²) in [6, 6.07) is -0.659. The number of ether oxygens (including phenoxy) is 2. The SMILES string of the molecule is CCC(C)N(C(=O)O)[C@@H]1C(=O)N2[C@@H](C[C@@](C)(Oc3nc(OC)cc4ccccc34)C2(F)F)C(=O)N[C@]2(C(=O)NS(=O)(=O)C3(CF)CC3)C[C@H]2/C=C\CC[C@H](C)C[C@H]1C. The molecule has 1 saturated heterocycles. The van der Waals surface area contributed by atoms with Crippen molar-refractivity contribution in [1.82, 2.24) is 24.8 Å². The molecule has 3 heterocycles. The van der Waals surface area contributed by atoms with Gasteiger partial charge in [0, 0.05) is 29.8 Å². The Morgan fingerprint density at radius 3 is 2.48 bits per heavy atom. The van der Waals surface area contributed by atoms with Crippen LogP contribution in [0.4, 0.5) is 18.0 Å². The number of methoxy groups -OCH3 is 1. The van der Waals surface area contributed by atoms with E-state index in [9.17, 15) is 32.3 Å². The lowest BCUT2D eigenvalue weighted by molar-refractivity contribution is -0.219. The van der Waals surface area contributed by atoms with Gasteiger partial charge in [0.15, 0.2) is 5.60 Å². The number of carboxylic acid groups (broad SMARTS) is 1. The second kappa shape index (κ2) is 15.5. The number of carbonyl (C=O) groups excluding carboxylic acids is 3. The van der Waals surface area contributed by atoms with E-state index in [1.807, 2.05) is 11.6 Å². The lowest BCUT2D eigenvalue weighted by Gasteiger charge is -2.42. The molecule has 8 atom stereocenters. The van der Waals surface area contributed by atoms with E-state index in [2.05, 4.69) is 10.3 Å². The molecule has 4 aliphatic rings. The van der Waals surface area contributed by atoms with Crippen molar-refractivity contribution in [2.45, 2.75) is 126 Å². The molecule has 3 N–H and O–H groups in total. The van der Waals surface area contributed by atoms with Crippen LogP contribution in [-0.2, 0) is 24.4 Å². The highest BCUT2D eigenvalue weighted by molar-refractivity contribution is 7.91. The Kier molecular flexibility index (Phi) is 11.5. The molecule has 6 rings (SSSR count). The van der Waals surface area contributed by atoms with Crippen LogP contribution in [0.1, 0.15) is 86.0 Å². The van der Waals surface area contributed by atoms with E-state index in [1.54, 1.807) is 63.3 Å². The first kappa shape index (κ1) is 43.0. The Balaban J connectivity index is 1.48. The fraction of sp³-hybridized carbons (Fsp3) is 0.625. The average molecular weight is 836 g/mol. The minimum atomic E-state index is -4.55. The number of carbonyl (C=O) groups is 4. The van der Waals surface area contributed by atoms with E-state index in [4.69, 9.17) is 9.47 Å². The second-order valence-electron chi connectivity index (χ2n) is 16.7. The van der Waals surface area contributed by atoms with Crippen LogP contribution in [0.5, 0.6) is 11.8 Å². The van der Waals surface area contributed by atoms with Gasteiger partial charge in [-0.3, -0.25) is 28.9 Å². The molecular weight excluding hydrogens is 784 g/mol. The summed E-state index contributed by atoms with van der Waals surface area (Å²) < 4.78 is 87.1. The zero-order valence-corrected chi connectivity index (χ0v) is 34.3. The second-order valence-corrected chi connectivity index (χ2v) is 18.8. The molecule has 0 bridgehead atoms. The molecule has 1 aromatic carbocycles. The molecule has 1 aromatic heterocycles. The largest absolute Gasteiger partial charge is 0.481 e. The van der Waals surface area contributed by atoms with Crippen LogP contribution < -0.4 is 19.5 Å². The zero-order valence-electron chi connectivity index (χ0n) is 33.5. The first-order valence-electron chi connectivity index (χ1n) is 19.7. The first-order valence-corrected chi connectivity index (χ1v) is 21.2. The quantitative estimate of drug-likeness (QED) is 0.202. The minimum absolute atomic E-state index is 0.0131. The van der Waals surface area contributed by atoms with E-state index in [0.29, 0.717) is 23.6 Å². The molecule has 2 aliphatic heterocycles. The number of allylic oxidation sites excluding steroid dienone is 1. The molecule has 3 fully saturated rings. The van der Waals surface area contributed by atoms with E-state index in [-0.39, 0.29) is 54.7 Å². The fourth-order valence-corrected chi connectivity index (χ4v) is 9.90. The van der Waals surface area contributed by atoms with Gasteiger partial charge in [-0.1, -0.05) is 51.1 Å². The Bertz CT molecular complexity index is 2100. The van der Waals surface area contributed by atoms with Crippen LogP contribution in [0, 0.1) is 17.8 Å². The lowest BCUT2D eigenvalue weighted by atomic mass is 9.86. The number of hydrogen-bond acceptors (Lipinski definition) is 9. The van der Waals surface area contributed by atoms with E-state index in [0.717, 1.165) is 11.8 Å². The van der Waals surface area contributed by atoms with Crippen LogP contribution in [0.15, 0.2) is 42.5 Å². The molecule has 0 spiro atoms. The van der Waals surface area contributed by atoms with E-state index in [1.165, 1.54) is 7.11 Å². The summed E-state index contributed by atoms with van der Waals surface area (Å²) in [5.41, 5.74) is -4.64. The summed E-state index contributed by atoms with van der Waals surface area (Å²) in [7, 11) is -3.21. The van der Waals surface area contributed by atoms with Crippen molar-refractivity contribution in [3.63, 3.8) is 0 Å². The van der Waals surface area contributed by atoms with Crippen molar-refractivity contribution in [3.05, 3.63) is 42.5 Å². The number of nitrogens with one attached hydrogen (secondary N) is 2. The van der Waals surface area contributed by atoms with Gasteiger partial charge in [-0.15, -0.1) is 0 Å². The van der Waals surface area contributed by atoms with Crippen LogP contribution in [0.3, 0.4) is 0 Å². The molecule has 18 heteroatoms. The van der Waals surface area contributed by atoms with Crippen molar-refractivity contribution < 1.29 is 55.3 Å². The van der Waals surface area contributed by atoms with Gasteiger partial charge < -0.3 is 19.9 Å². The van der Waals surface area contributed by atoms with Gasteiger partial charge in [-0.2, -0.15) is 13.8 Å². The Labute approximate surface area is 335 Å². The predicted molar refractivity (Wildman–Crippen MR) is 206 cm³/mol. The number of hydrogen-bond donors (Lipinski definition) is 3. The Morgan fingerprint density at radius 1 is 1.17 bits per heavy atom. The highest BCUT2D eigenvalue weighted by Crippen LogP contribution is 2.51. The number of fused-ring (bicyclic) bond motifs is 3. The average Bonchev–Trinajstić information content (AvgIpc) is 4.09. The van der Waals surface area contributed by atoms with Crippen molar-refractivity contribution >= 4 is 44.6 Å². The molecule has 14 nitrogen and oxygen atoms in total. The van der Waals surface area contributed by atoms with Gasteiger partial charge in [0.1, 0.15) is 29.0 Å². The molecule has 4 amide bonds. The monoisotopic (exact) mass is 835 g/mol. The highest BCUT2D eigenvalue weighted by atomic mass is 32.2. The summed E-state index contributed by atoms with van der Waals surface area (Å²) >= 11 is 0. The number of alkyl halides is 3. The van der Waals surface area contributed by atoms with Crippen molar-refractivity contribution in [2.24, 2.45) is 17.8 Å². The Hall–Kier alpha value is -4.61. The zero-order chi connectivity index (χ0) is 42.6.